The topological polar surface area (TPSA) is 67.4 Å². The lowest BCUT2D eigenvalue weighted by atomic mass is 9.82. The van der Waals surface area contributed by atoms with E-state index in [0.29, 0.717) is 0 Å². The highest BCUT2D eigenvalue weighted by molar-refractivity contribution is 5.88. The third-order valence-electron chi connectivity index (χ3n) is 4.80. The minimum absolute atomic E-state index is 0.190. The molecule has 0 unspecified atom stereocenters. The van der Waals surface area contributed by atoms with E-state index < -0.39 is 17.5 Å². The number of ether oxygens (including phenoxy) is 1. The van der Waals surface area contributed by atoms with Crippen molar-refractivity contribution >= 4 is 12.0 Å². The van der Waals surface area contributed by atoms with E-state index in [1.54, 1.807) is 6.92 Å². The van der Waals surface area contributed by atoms with Gasteiger partial charge in [-0.3, -0.25) is 0 Å². The smallest absolute Gasteiger partial charge is 0.331 e. The van der Waals surface area contributed by atoms with Crippen LogP contribution in [0.2, 0.25) is 0 Å². The van der Waals surface area contributed by atoms with E-state index in [1.807, 2.05) is 74.5 Å². The Morgan fingerprint density at radius 1 is 0.923 bits per heavy atom. The Hall–Kier alpha value is -2.82. The van der Waals surface area contributed by atoms with Gasteiger partial charge in [0.25, 0.3) is 0 Å². The summed E-state index contributed by atoms with van der Waals surface area (Å²) in [6, 6.07) is 18.6. The maximum Gasteiger partial charge on any atom is 0.331 e. The highest BCUT2D eigenvalue weighted by atomic mass is 16.5. The molecule has 138 valence electrons. The first-order valence-electron chi connectivity index (χ1n) is 8.65. The quantitative estimate of drug-likeness (QED) is 0.776. The van der Waals surface area contributed by atoms with Crippen LogP contribution in [-0.4, -0.2) is 24.6 Å². The molecule has 2 aromatic carbocycles. The molecule has 2 amide bonds. The van der Waals surface area contributed by atoms with Crippen LogP contribution in [0.5, 0.6) is 0 Å². The number of methoxy groups -OCH3 is 1. The Morgan fingerprint density at radius 2 is 1.42 bits per heavy atom. The first-order chi connectivity index (χ1) is 12.4. The number of benzene rings is 2. The van der Waals surface area contributed by atoms with E-state index in [1.165, 1.54) is 7.11 Å². The van der Waals surface area contributed by atoms with Crippen molar-refractivity contribution in [2.24, 2.45) is 0 Å². The van der Waals surface area contributed by atoms with Gasteiger partial charge in [-0.2, -0.15) is 0 Å². The van der Waals surface area contributed by atoms with E-state index in [0.717, 1.165) is 11.1 Å². The van der Waals surface area contributed by atoms with Crippen LogP contribution in [0.4, 0.5) is 4.79 Å². The molecule has 0 bridgehead atoms. The number of urea groups is 1. The van der Waals surface area contributed by atoms with Crippen LogP contribution in [-0.2, 0) is 9.53 Å². The molecule has 5 nitrogen and oxygen atoms in total. The lowest BCUT2D eigenvalue weighted by Crippen LogP contribution is -2.58. The number of hydrogen-bond acceptors (Lipinski definition) is 3. The van der Waals surface area contributed by atoms with E-state index in [2.05, 4.69) is 10.6 Å². The molecule has 2 rings (SSSR count). The van der Waals surface area contributed by atoms with Gasteiger partial charge in [-0.25, -0.2) is 9.59 Å². The molecule has 0 radical (unpaired) electrons. The van der Waals surface area contributed by atoms with Crippen molar-refractivity contribution in [3.8, 4) is 0 Å². The highest BCUT2D eigenvalue weighted by Gasteiger charge is 2.42. The van der Waals surface area contributed by atoms with Crippen LogP contribution in [0.3, 0.4) is 0 Å². The summed E-state index contributed by atoms with van der Waals surface area (Å²) in [7, 11) is 1.32. The zero-order chi connectivity index (χ0) is 19.2. The molecule has 0 fully saturated rings. The molecule has 0 heterocycles. The fourth-order valence-corrected chi connectivity index (χ4v) is 2.92. The Kier molecular flexibility index (Phi) is 6.39. The molecule has 0 saturated carbocycles. The number of esters is 1. The van der Waals surface area contributed by atoms with Crippen LogP contribution >= 0.6 is 0 Å². The Morgan fingerprint density at radius 3 is 1.92 bits per heavy atom. The lowest BCUT2D eigenvalue weighted by molar-refractivity contribution is -0.148. The van der Waals surface area contributed by atoms with Crippen molar-refractivity contribution in [2.45, 2.75) is 38.3 Å². The van der Waals surface area contributed by atoms with Crippen molar-refractivity contribution < 1.29 is 14.3 Å². The van der Waals surface area contributed by atoms with Crippen molar-refractivity contribution in [1.29, 1.82) is 0 Å². The van der Waals surface area contributed by atoms with Crippen LogP contribution in [0.1, 0.15) is 43.9 Å². The zero-order valence-corrected chi connectivity index (χ0v) is 15.7. The number of carbonyl (C=O) groups is 2. The number of amides is 2. The maximum absolute atomic E-state index is 12.6. The summed E-state index contributed by atoms with van der Waals surface area (Å²) in [5.41, 5.74) is 0.728. The van der Waals surface area contributed by atoms with Gasteiger partial charge in [-0.15, -0.1) is 0 Å². The average molecular weight is 354 g/mol. The average Bonchev–Trinajstić information content (AvgIpc) is 2.67. The van der Waals surface area contributed by atoms with Gasteiger partial charge in [-0.1, -0.05) is 67.6 Å². The normalized spacial score (nSPS) is 15.2. The minimum atomic E-state index is -1.20. The molecule has 0 spiro atoms. The first-order valence-corrected chi connectivity index (χ1v) is 8.65. The summed E-state index contributed by atoms with van der Waals surface area (Å²) in [6.45, 7) is 5.47. The van der Waals surface area contributed by atoms with Crippen molar-refractivity contribution in [3.63, 3.8) is 0 Å². The number of carbonyl (C=O) groups excluding carboxylic acids is 2. The van der Waals surface area contributed by atoms with Crippen LogP contribution in [0.15, 0.2) is 60.7 Å². The SMILES string of the molecule is COC(=O)[C@](C)(NC(=O)N[C@@H](C)c1ccccc1)[C@@H](C)c1ccccc1. The van der Waals surface area contributed by atoms with Crippen molar-refractivity contribution in [3.05, 3.63) is 71.8 Å². The van der Waals surface area contributed by atoms with Gasteiger partial charge >= 0.3 is 12.0 Å². The van der Waals surface area contributed by atoms with Crippen LogP contribution in [0, 0.1) is 0 Å². The van der Waals surface area contributed by atoms with E-state index in [-0.39, 0.29) is 12.0 Å². The summed E-state index contributed by atoms with van der Waals surface area (Å²) >= 11 is 0. The largest absolute Gasteiger partial charge is 0.467 e. The minimum Gasteiger partial charge on any atom is -0.467 e. The van der Waals surface area contributed by atoms with Gasteiger partial charge in [-0.05, 0) is 25.0 Å². The fourth-order valence-electron chi connectivity index (χ4n) is 2.92. The molecule has 0 aromatic heterocycles. The second kappa shape index (κ2) is 8.52. The van der Waals surface area contributed by atoms with E-state index in [4.69, 9.17) is 4.74 Å². The number of rotatable bonds is 6. The summed E-state index contributed by atoms with van der Waals surface area (Å²) in [4.78, 5) is 25.0. The molecule has 0 aliphatic rings. The molecular formula is C21H26N2O3. The second-order valence-corrected chi connectivity index (χ2v) is 6.56. The summed E-state index contributed by atoms with van der Waals surface area (Å²) < 4.78 is 4.97. The molecular weight excluding hydrogens is 328 g/mol. The first kappa shape index (κ1) is 19.5. The third-order valence-corrected chi connectivity index (χ3v) is 4.80. The van der Waals surface area contributed by atoms with Gasteiger partial charge in [0.1, 0.15) is 5.54 Å². The molecule has 2 aromatic rings. The second-order valence-electron chi connectivity index (χ2n) is 6.56. The number of hydrogen-bond donors (Lipinski definition) is 2. The Labute approximate surface area is 154 Å². The van der Waals surface area contributed by atoms with Gasteiger partial charge in [0.05, 0.1) is 13.2 Å². The van der Waals surface area contributed by atoms with E-state index >= 15 is 0 Å². The highest BCUT2D eigenvalue weighted by Crippen LogP contribution is 2.29. The Bertz CT molecular complexity index is 733. The summed E-state index contributed by atoms with van der Waals surface area (Å²) in [5, 5.41) is 5.70. The predicted octanol–water partition coefficient (Wildman–Crippen LogP) is 3.78. The maximum atomic E-state index is 12.6. The monoisotopic (exact) mass is 354 g/mol. The van der Waals surface area contributed by atoms with Crippen molar-refractivity contribution in [2.75, 3.05) is 7.11 Å². The fraction of sp³-hybridized carbons (Fsp3) is 0.333. The molecule has 3 atom stereocenters. The Balaban J connectivity index is 2.17. The predicted molar refractivity (Wildman–Crippen MR) is 102 cm³/mol. The van der Waals surface area contributed by atoms with Gasteiger partial charge < -0.3 is 15.4 Å². The van der Waals surface area contributed by atoms with E-state index in [9.17, 15) is 9.59 Å². The lowest BCUT2D eigenvalue weighted by Gasteiger charge is -2.34. The van der Waals surface area contributed by atoms with Gasteiger partial charge in [0.15, 0.2) is 0 Å². The number of nitrogens with one attached hydrogen (secondary N) is 2. The molecule has 2 N–H and O–H groups in total. The molecule has 0 aliphatic carbocycles. The summed E-state index contributed by atoms with van der Waals surface area (Å²) in [5.74, 6) is -0.759. The van der Waals surface area contributed by atoms with Gasteiger partial charge in [0, 0.05) is 5.92 Å². The molecule has 0 aliphatic heterocycles. The molecule has 5 heteroatoms. The molecule has 26 heavy (non-hydrogen) atoms. The van der Waals surface area contributed by atoms with Gasteiger partial charge in [0.2, 0.25) is 0 Å². The standard InChI is InChI=1S/C21H26N2O3/c1-15(17-11-7-5-8-12-17)21(3,19(24)26-4)23-20(25)22-16(2)18-13-9-6-10-14-18/h5-16H,1-4H3,(H2,22,23,25)/t15-,16-,21+/m0/s1. The van der Waals surface area contributed by atoms with Crippen LogP contribution < -0.4 is 10.6 Å². The third kappa shape index (κ3) is 4.42. The van der Waals surface area contributed by atoms with Crippen LogP contribution in [0.25, 0.3) is 0 Å². The zero-order valence-electron chi connectivity index (χ0n) is 15.7. The molecule has 0 saturated heterocycles. The van der Waals surface area contributed by atoms with Crippen molar-refractivity contribution in [1.82, 2.24) is 10.6 Å². The summed E-state index contributed by atoms with van der Waals surface area (Å²) in [6.07, 6.45) is 0.